The van der Waals surface area contributed by atoms with Gasteiger partial charge in [0.2, 0.25) is 0 Å². The lowest BCUT2D eigenvalue weighted by molar-refractivity contribution is 0.183. The highest BCUT2D eigenvalue weighted by atomic mass is 16.5. The first-order valence-electron chi connectivity index (χ1n) is 6.66. The van der Waals surface area contributed by atoms with E-state index >= 15 is 0 Å². The van der Waals surface area contributed by atoms with E-state index in [1.54, 1.807) is 0 Å². The van der Waals surface area contributed by atoms with Crippen molar-refractivity contribution in [3.8, 4) is 0 Å². The van der Waals surface area contributed by atoms with Crippen LogP contribution >= 0.6 is 0 Å². The molecule has 1 aliphatic rings. The molecule has 0 bridgehead atoms. The summed E-state index contributed by atoms with van der Waals surface area (Å²) in [6.45, 7) is 6.00. The maximum absolute atomic E-state index is 5.92. The Hall–Kier alpha value is -1.36. The van der Waals surface area contributed by atoms with Gasteiger partial charge in [-0.2, -0.15) is 0 Å². The Bertz CT molecular complexity index is 391. The molecule has 2 atom stereocenters. The van der Waals surface area contributed by atoms with Crippen molar-refractivity contribution in [2.45, 2.75) is 39.2 Å². The number of nitrogens with zero attached hydrogens (tertiary/aromatic N) is 2. The lowest BCUT2D eigenvalue weighted by Crippen LogP contribution is -2.27. The van der Waals surface area contributed by atoms with Gasteiger partial charge in [-0.3, -0.25) is 0 Å². The molecule has 0 amide bonds. The first-order valence-corrected chi connectivity index (χ1v) is 6.66. The van der Waals surface area contributed by atoms with Gasteiger partial charge in [0, 0.05) is 24.1 Å². The average Bonchev–Trinajstić information content (AvgIpc) is 2.87. The van der Waals surface area contributed by atoms with E-state index in [9.17, 15) is 0 Å². The molecular formula is C13H22N4O. The van der Waals surface area contributed by atoms with Crippen LogP contribution in [0.2, 0.25) is 0 Å². The highest BCUT2D eigenvalue weighted by Crippen LogP contribution is 2.23. The summed E-state index contributed by atoms with van der Waals surface area (Å²) in [5.74, 6) is 2.02. The van der Waals surface area contributed by atoms with Gasteiger partial charge in [-0.1, -0.05) is 13.3 Å². The Kier molecular flexibility index (Phi) is 4.36. The molecule has 1 saturated heterocycles. The first kappa shape index (κ1) is 13.1. The number of nitrogens with one attached hydrogen (secondary N) is 1. The molecule has 2 heterocycles. The van der Waals surface area contributed by atoms with Gasteiger partial charge in [0.1, 0.15) is 18.0 Å². The van der Waals surface area contributed by atoms with E-state index in [-0.39, 0.29) is 0 Å². The predicted octanol–water partition coefficient (Wildman–Crippen LogP) is 1.85. The van der Waals surface area contributed by atoms with Crippen LogP contribution in [0.15, 0.2) is 6.33 Å². The fraction of sp³-hybridized carbons (Fsp3) is 0.692. The molecule has 3 N–H and O–H groups in total. The van der Waals surface area contributed by atoms with Crippen molar-refractivity contribution in [1.82, 2.24) is 9.97 Å². The molecule has 1 aromatic heterocycles. The topological polar surface area (TPSA) is 73.1 Å². The van der Waals surface area contributed by atoms with E-state index in [0.29, 0.717) is 17.8 Å². The molecule has 1 fully saturated rings. The Balaban J connectivity index is 2.09. The van der Waals surface area contributed by atoms with Crippen LogP contribution in [-0.2, 0) is 11.2 Å². The van der Waals surface area contributed by atoms with Crippen molar-refractivity contribution in [1.29, 1.82) is 0 Å². The zero-order valence-corrected chi connectivity index (χ0v) is 11.1. The first-order chi connectivity index (χ1) is 8.72. The molecule has 100 valence electrons. The van der Waals surface area contributed by atoms with Crippen molar-refractivity contribution in [2.24, 2.45) is 5.92 Å². The van der Waals surface area contributed by atoms with E-state index in [0.717, 1.165) is 43.9 Å². The molecular weight excluding hydrogens is 228 g/mol. The number of nitrogen functional groups attached to an aromatic ring is 1. The van der Waals surface area contributed by atoms with Gasteiger partial charge < -0.3 is 15.8 Å². The number of ether oxygens (including phenoxy) is 1. The second-order valence-electron chi connectivity index (χ2n) is 4.89. The monoisotopic (exact) mass is 250 g/mol. The third-order valence-electron chi connectivity index (χ3n) is 3.52. The maximum Gasteiger partial charge on any atom is 0.134 e. The average molecular weight is 250 g/mol. The highest BCUT2D eigenvalue weighted by molar-refractivity contribution is 5.55. The quantitative estimate of drug-likeness (QED) is 0.834. The Morgan fingerprint density at radius 3 is 3.06 bits per heavy atom. The zero-order valence-electron chi connectivity index (χ0n) is 11.1. The van der Waals surface area contributed by atoms with Gasteiger partial charge in [-0.15, -0.1) is 0 Å². The van der Waals surface area contributed by atoms with Crippen LogP contribution in [0.3, 0.4) is 0 Å². The Morgan fingerprint density at radius 1 is 1.56 bits per heavy atom. The molecule has 0 saturated carbocycles. The highest BCUT2D eigenvalue weighted by Gasteiger charge is 2.23. The van der Waals surface area contributed by atoms with Crippen molar-refractivity contribution in [3.05, 3.63) is 11.9 Å². The smallest absolute Gasteiger partial charge is 0.134 e. The molecule has 1 aliphatic heterocycles. The lowest BCUT2D eigenvalue weighted by Gasteiger charge is -2.21. The van der Waals surface area contributed by atoms with E-state index in [1.807, 2.05) is 0 Å². The molecule has 2 unspecified atom stereocenters. The molecule has 18 heavy (non-hydrogen) atoms. The summed E-state index contributed by atoms with van der Waals surface area (Å²) in [6.07, 6.45) is 4.57. The second kappa shape index (κ2) is 6.00. The van der Waals surface area contributed by atoms with E-state index in [1.165, 1.54) is 6.33 Å². The van der Waals surface area contributed by atoms with E-state index in [4.69, 9.17) is 10.5 Å². The summed E-state index contributed by atoms with van der Waals surface area (Å²) in [4.78, 5) is 8.39. The third-order valence-corrected chi connectivity index (χ3v) is 3.52. The molecule has 0 aromatic carbocycles. The van der Waals surface area contributed by atoms with Crippen LogP contribution in [0.5, 0.6) is 0 Å². The zero-order chi connectivity index (χ0) is 13.0. The number of rotatable bonds is 5. The summed E-state index contributed by atoms with van der Waals surface area (Å²) >= 11 is 0. The molecule has 0 radical (unpaired) electrons. The van der Waals surface area contributed by atoms with Crippen LogP contribution in [0.1, 0.15) is 32.3 Å². The maximum atomic E-state index is 5.92. The van der Waals surface area contributed by atoms with Crippen LogP contribution in [0.4, 0.5) is 11.6 Å². The summed E-state index contributed by atoms with van der Waals surface area (Å²) in [5, 5.41) is 3.47. The van der Waals surface area contributed by atoms with Crippen LogP contribution in [-0.4, -0.2) is 29.2 Å². The molecule has 0 aliphatic carbocycles. The van der Waals surface area contributed by atoms with Crippen LogP contribution < -0.4 is 11.1 Å². The fourth-order valence-corrected chi connectivity index (χ4v) is 2.33. The molecule has 2 rings (SSSR count). The number of anilines is 2. The number of nitrogens with two attached hydrogens (primary N) is 1. The SMILES string of the molecule is CCCc1c(N)ncnc1NC(C)C1CCOC1. The van der Waals surface area contributed by atoms with Crippen molar-refractivity contribution in [2.75, 3.05) is 24.3 Å². The minimum Gasteiger partial charge on any atom is -0.383 e. The lowest BCUT2D eigenvalue weighted by atomic mass is 10.0. The van der Waals surface area contributed by atoms with E-state index < -0.39 is 0 Å². The van der Waals surface area contributed by atoms with Crippen molar-refractivity contribution >= 4 is 11.6 Å². The van der Waals surface area contributed by atoms with Gasteiger partial charge in [-0.25, -0.2) is 9.97 Å². The summed E-state index contributed by atoms with van der Waals surface area (Å²) < 4.78 is 5.42. The van der Waals surface area contributed by atoms with Gasteiger partial charge in [0.05, 0.1) is 6.61 Å². The van der Waals surface area contributed by atoms with E-state index in [2.05, 4.69) is 29.1 Å². The number of hydrogen-bond donors (Lipinski definition) is 2. The molecule has 0 spiro atoms. The van der Waals surface area contributed by atoms with Crippen LogP contribution in [0.25, 0.3) is 0 Å². The number of hydrogen-bond acceptors (Lipinski definition) is 5. The molecule has 5 heteroatoms. The van der Waals surface area contributed by atoms with Gasteiger partial charge in [-0.05, 0) is 19.8 Å². The Morgan fingerprint density at radius 2 is 2.39 bits per heavy atom. The number of aromatic nitrogens is 2. The largest absolute Gasteiger partial charge is 0.383 e. The standard InChI is InChI=1S/C13H22N4O/c1-3-4-11-12(14)15-8-16-13(11)17-9(2)10-5-6-18-7-10/h8-10H,3-7H2,1-2H3,(H3,14,15,16,17). The predicted molar refractivity (Wildman–Crippen MR) is 72.5 cm³/mol. The van der Waals surface area contributed by atoms with Crippen molar-refractivity contribution in [3.63, 3.8) is 0 Å². The van der Waals surface area contributed by atoms with Gasteiger partial charge >= 0.3 is 0 Å². The minimum atomic E-state index is 0.345. The van der Waals surface area contributed by atoms with Gasteiger partial charge in [0.15, 0.2) is 0 Å². The second-order valence-corrected chi connectivity index (χ2v) is 4.89. The van der Waals surface area contributed by atoms with Gasteiger partial charge in [0.25, 0.3) is 0 Å². The van der Waals surface area contributed by atoms with Crippen molar-refractivity contribution < 1.29 is 4.74 Å². The van der Waals surface area contributed by atoms with Crippen LogP contribution in [0, 0.1) is 5.92 Å². The minimum absolute atomic E-state index is 0.345. The molecule has 1 aromatic rings. The summed E-state index contributed by atoms with van der Waals surface area (Å²) in [5.41, 5.74) is 6.95. The fourth-order valence-electron chi connectivity index (χ4n) is 2.33. The molecule has 5 nitrogen and oxygen atoms in total. The summed E-state index contributed by atoms with van der Waals surface area (Å²) in [7, 11) is 0. The Labute approximate surface area is 108 Å². The normalized spacial score (nSPS) is 20.9. The third kappa shape index (κ3) is 2.90. The summed E-state index contributed by atoms with van der Waals surface area (Å²) in [6, 6.07) is 0.345.